The zero-order valence-electron chi connectivity index (χ0n) is 10.8. The van der Waals surface area contributed by atoms with Crippen molar-refractivity contribution in [3.05, 3.63) is 54.1 Å². The molecule has 19 heavy (non-hydrogen) atoms. The van der Waals surface area contributed by atoms with Crippen molar-refractivity contribution in [1.29, 1.82) is 0 Å². The molecule has 0 saturated carbocycles. The van der Waals surface area contributed by atoms with Crippen LogP contribution in [0, 0.1) is 0 Å². The fourth-order valence-corrected chi connectivity index (χ4v) is 1.77. The summed E-state index contributed by atoms with van der Waals surface area (Å²) in [5, 5.41) is 0.424. The number of hydrogen-bond donors (Lipinski definition) is 0. The van der Waals surface area contributed by atoms with Gasteiger partial charge in [-0.25, -0.2) is 0 Å². The Bertz CT molecular complexity index is 547. The van der Waals surface area contributed by atoms with Gasteiger partial charge in [-0.2, -0.15) is 0 Å². The molecule has 0 aromatic heterocycles. The Kier molecular flexibility index (Phi) is 4.36. The first-order valence-corrected chi connectivity index (χ1v) is 6.14. The summed E-state index contributed by atoms with van der Waals surface area (Å²) in [6, 6.07) is 14.7. The summed E-state index contributed by atoms with van der Waals surface area (Å²) < 4.78 is 15.8. The second-order valence-corrected chi connectivity index (χ2v) is 4.16. The summed E-state index contributed by atoms with van der Waals surface area (Å²) in [4.78, 5) is 0. The minimum Gasteiger partial charge on any atom is -0.497 e. The second kappa shape index (κ2) is 6.20. The smallest absolute Gasteiger partial charge is 0.198 e. The topological polar surface area (TPSA) is 27.7 Å². The molecule has 0 unspecified atom stereocenters. The number of hydrogen-bond acceptors (Lipinski definition) is 4. The first-order chi connectivity index (χ1) is 9.22. The highest BCUT2D eigenvalue weighted by Crippen LogP contribution is 2.19. The number of ether oxygens (including phenoxy) is 3. The first-order valence-electron chi connectivity index (χ1n) is 5.73. The van der Waals surface area contributed by atoms with E-state index < -0.39 is 0 Å². The van der Waals surface area contributed by atoms with Crippen LogP contribution in [-0.4, -0.2) is 19.3 Å². The number of thiocarbonyl (C=S) groups is 1. The van der Waals surface area contributed by atoms with E-state index in [1.54, 1.807) is 14.2 Å². The van der Waals surface area contributed by atoms with Crippen LogP contribution in [0.15, 0.2) is 48.5 Å². The summed E-state index contributed by atoms with van der Waals surface area (Å²) in [6.45, 7) is 0. The van der Waals surface area contributed by atoms with Crippen molar-refractivity contribution < 1.29 is 14.2 Å². The van der Waals surface area contributed by atoms with E-state index in [4.69, 9.17) is 26.4 Å². The van der Waals surface area contributed by atoms with Gasteiger partial charge >= 0.3 is 0 Å². The summed E-state index contributed by atoms with van der Waals surface area (Å²) >= 11 is 5.25. The molecule has 0 amide bonds. The normalized spacial score (nSPS) is 9.79. The molecule has 0 N–H and O–H groups in total. The van der Waals surface area contributed by atoms with Gasteiger partial charge in [0.15, 0.2) is 5.05 Å². The average molecular weight is 274 g/mol. The van der Waals surface area contributed by atoms with E-state index in [1.165, 1.54) is 0 Å². The van der Waals surface area contributed by atoms with Crippen molar-refractivity contribution in [2.45, 2.75) is 0 Å². The van der Waals surface area contributed by atoms with Gasteiger partial charge in [0, 0.05) is 5.56 Å². The van der Waals surface area contributed by atoms with E-state index in [2.05, 4.69) is 0 Å². The van der Waals surface area contributed by atoms with Gasteiger partial charge in [0.1, 0.15) is 17.2 Å². The van der Waals surface area contributed by atoms with Crippen molar-refractivity contribution in [1.82, 2.24) is 0 Å². The van der Waals surface area contributed by atoms with Crippen LogP contribution in [0.25, 0.3) is 0 Å². The predicted molar refractivity (Wildman–Crippen MR) is 78.3 cm³/mol. The molecular formula is C15H14O3S. The van der Waals surface area contributed by atoms with Crippen LogP contribution in [0.3, 0.4) is 0 Å². The van der Waals surface area contributed by atoms with Gasteiger partial charge in [-0.3, -0.25) is 0 Å². The van der Waals surface area contributed by atoms with Crippen LogP contribution in [0.4, 0.5) is 0 Å². The van der Waals surface area contributed by atoms with Crippen LogP contribution in [0.5, 0.6) is 17.2 Å². The van der Waals surface area contributed by atoms with Gasteiger partial charge in [0.2, 0.25) is 0 Å². The highest BCUT2D eigenvalue weighted by atomic mass is 32.1. The lowest BCUT2D eigenvalue weighted by Crippen LogP contribution is -2.06. The van der Waals surface area contributed by atoms with Crippen LogP contribution in [0.1, 0.15) is 5.56 Å². The van der Waals surface area contributed by atoms with Gasteiger partial charge in [-0.1, -0.05) is 0 Å². The predicted octanol–water partition coefficient (Wildman–Crippen LogP) is 3.46. The molecule has 2 aromatic carbocycles. The molecule has 0 aliphatic carbocycles. The Hall–Kier alpha value is -2.07. The Morgan fingerprint density at radius 2 is 1.16 bits per heavy atom. The fourth-order valence-electron chi connectivity index (χ4n) is 1.54. The summed E-state index contributed by atoms with van der Waals surface area (Å²) in [7, 11) is 3.25. The summed E-state index contributed by atoms with van der Waals surface area (Å²) in [5.41, 5.74) is 0.839. The molecule has 0 heterocycles. The highest BCUT2D eigenvalue weighted by molar-refractivity contribution is 7.80. The lowest BCUT2D eigenvalue weighted by molar-refractivity contribution is 0.414. The second-order valence-electron chi connectivity index (χ2n) is 3.79. The zero-order valence-corrected chi connectivity index (χ0v) is 11.6. The molecule has 98 valence electrons. The molecule has 0 spiro atoms. The highest BCUT2D eigenvalue weighted by Gasteiger charge is 2.04. The van der Waals surface area contributed by atoms with E-state index >= 15 is 0 Å². The van der Waals surface area contributed by atoms with Crippen molar-refractivity contribution in [2.24, 2.45) is 0 Å². The van der Waals surface area contributed by atoms with Gasteiger partial charge in [-0.15, -0.1) is 0 Å². The van der Waals surface area contributed by atoms with Crippen LogP contribution in [0.2, 0.25) is 0 Å². The molecule has 2 aromatic rings. The number of benzene rings is 2. The van der Waals surface area contributed by atoms with Gasteiger partial charge in [0.25, 0.3) is 0 Å². The number of methoxy groups -OCH3 is 2. The molecule has 0 aliphatic heterocycles. The molecule has 0 fully saturated rings. The molecule has 0 radical (unpaired) electrons. The van der Waals surface area contributed by atoms with Crippen molar-refractivity contribution in [3.63, 3.8) is 0 Å². The van der Waals surface area contributed by atoms with Crippen LogP contribution in [-0.2, 0) is 0 Å². The van der Waals surface area contributed by atoms with E-state index in [9.17, 15) is 0 Å². The van der Waals surface area contributed by atoms with Crippen molar-refractivity contribution in [3.8, 4) is 17.2 Å². The first kappa shape index (κ1) is 13.4. The average Bonchev–Trinajstić information content (AvgIpc) is 2.48. The Morgan fingerprint density at radius 3 is 1.63 bits per heavy atom. The Balaban J connectivity index is 2.06. The third kappa shape index (κ3) is 3.45. The third-order valence-electron chi connectivity index (χ3n) is 2.60. The molecule has 0 atom stereocenters. The SMILES string of the molecule is COc1ccc(OC(=S)c2ccc(OC)cc2)cc1. The van der Waals surface area contributed by atoms with Gasteiger partial charge < -0.3 is 14.2 Å². The van der Waals surface area contributed by atoms with Gasteiger partial charge in [0.05, 0.1) is 14.2 Å². The molecule has 4 heteroatoms. The lowest BCUT2D eigenvalue weighted by atomic mass is 10.2. The van der Waals surface area contributed by atoms with E-state index in [0.717, 1.165) is 17.1 Å². The molecular weight excluding hydrogens is 260 g/mol. The Morgan fingerprint density at radius 1 is 0.737 bits per heavy atom. The minimum absolute atomic E-state index is 0.424. The zero-order chi connectivity index (χ0) is 13.7. The lowest BCUT2D eigenvalue weighted by Gasteiger charge is -2.08. The number of rotatable bonds is 4. The van der Waals surface area contributed by atoms with E-state index in [0.29, 0.717) is 10.8 Å². The molecule has 3 nitrogen and oxygen atoms in total. The quantitative estimate of drug-likeness (QED) is 0.798. The molecule has 0 aliphatic rings. The van der Waals surface area contributed by atoms with E-state index in [-0.39, 0.29) is 0 Å². The van der Waals surface area contributed by atoms with Crippen LogP contribution >= 0.6 is 12.2 Å². The van der Waals surface area contributed by atoms with Crippen LogP contribution < -0.4 is 14.2 Å². The Labute approximate surface area is 117 Å². The van der Waals surface area contributed by atoms with Gasteiger partial charge in [-0.05, 0) is 60.7 Å². The van der Waals surface area contributed by atoms with E-state index in [1.807, 2.05) is 48.5 Å². The molecule has 0 saturated heterocycles. The molecule has 0 bridgehead atoms. The van der Waals surface area contributed by atoms with Crippen molar-refractivity contribution in [2.75, 3.05) is 14.2 Å². The maximum atomic E-state index is 5.61. The fraction of sp³-hybridized carbons (Fsp3) is 0.133. The monoisotopic (exact) mass is 274 g/mol. The largest absolute Gasteiger partial charge is 0.497 e. The van der Waals surface area contributed by atoms with Crippen molar-refractivity contribution >= 4 is 17.3 Å². The molecule has 2 rings (SSSR count). The standard InChI is InChI=1S/C15H14O3S/c1-16-12-5-3-11(4-6-12)15(19)18-14-9-7-13(17-2)8-10-14/h3-10H,1-2H3. The summed E-state index contributed by atoms with van der Waals surface area (Å²) in [5.74, 6) is 2.25. The summed E-state index contributed by atoms with van der Waals surface area (Å²) in [6.07, 6.45) is 0. The minimum atomic E-state index is 0.424. The maximum Gasteiger partial charge on any atom is 0.198 e. The maximum absolute atomic E-state index is 5.61. The third-order valence-corrected chi connectivity index (χ3v) is 2.91.